The van der Waals surface area contributed by atoms with Gasteiger partial charge in [-0.2, -0.15) is 0 Å². The van der Waals surface area contributed by atoms with E-state index in [-0.39, 0.29) is 29.3 Å². The van der Waals surface area contributed by atoms with Gasteiger partial charge in [-0.1, -0.05) is 26.3 Å². The summed E-state index contributed by atoms with van der Waals surface area (Å²) in [6, 6.07) is 5.84. The molecule has 2 aromatic heterocycles. The molecule has 2 aliphatic rings. The smallest absolute Gasteiger partial charge is 0.258 e. The monoisotopic (exact) mass is 620 g/mol. The number of amides is 3. The van der Waals surface area contributed by atoms with E-state index in [4.69, 9.17) is 15.5 Å². The third-order valence-electron chi connectivity index (χ3n) is 7.88. The van der Waals surface area contributed by atoms with Crippen LogP contribution in [0.1, 0.15) is 78.8 Å². The van der Waals surface area contributed by atoms with Crippen molar-refractivity contribution in [3.8, 4) is 0 Å². The van der Waals surface area contributed by atoms with E-state index in [0.717, 1.165) is 29.8 Å². The first-order valence-corrected chi connectivity index (χ1v) is 16.2. The average Bonchev–Trinajstić information content (AvgIpc) is 3.55. The number of likely N-dealkylation sites (tertiary alicyclic amines) is 2. The number of carbonyl (C=O) groups excluding carboxylic acids is 3. The van der Waals surface area contributed by atoms with E-state index in [0.29, 0.717) is 48.7 Å². The van der Waals surface area contributed by atoms with E-state index in [2.05, 4.69) is 17.1 Å². The molecule has 4 N–H and O–H groups in total. The number of fused-ring (bicyclic) bond motifs is 1. The molecule has 1 unspecified atom stereocenters. The number of carbonyl (C=O) groups is 3. The molecule has 2 saturated heterocycles. The van der Waals surface area contributed by atoms with Gasteiger partial charge in [-0.15, -0.1) is 21.5 Å². The zero-order chi connectivity index (χ0) is 30.6. The molecule has 3 amide bonds. The number of rotatable bonds is 7. The lowest BCUT2D eigenvalue weighted by molar-refractivity contribution is -0.149. The number of alkyl halides is 1. The van der Waals surface area contributed by atoms with Crippen LogP contribution in [0.5, 0.6) is 0 Å². The number of halogens is 1. The molecule has 42 heavy (non-hydrogen) atoms. The van der Waals surface area contributed by atoms with Gasteiger partial charge in [-0.05, 0) is 54.3 Å². The second kappa shape index (κ2) is 14.0. The number of hydrogen-bond acceptors (Lipinski definition) is 8. The van der Waals surface area contributed by atoms with Gasteiger partial charge in [-0.25, -0.2) is 4.39 Å². The van der Waals surface area contributed by atoms with Gasteiger partial charge in [0.05, 0.1) is 10.8 Å². The highest BCUT2D eigenvalue weighted by molar-refractivity contribution is 7.45. The van der Waals surface area contributed by atoms with Crippen molar-refractivity contribution in [3.05, 3.63) is 46.9 Å². The number of nitrogens with two attached hydrogens (primary N) is 1. The van der Waals surface area contributed by atoms with Gasteiger partial charge in [0.1, 0.15) is 18.2 Å². The van der Waals surface area contributed by atoms with Crippen LogP contribution in [0.4, 0.5) is 4.39 Å². The highest BCUT2D eigenvalue weighted by atomic mass is 32.1. The molecule has 2 fully saturated rings. The predicted molar refractivity (Wildman–Crippen MR) is 159 cm³/mol. The summed E-state index contributed by atoms with van der Waals surface area (Å²) < 4.78 is 16.1. The molecule has 14 heteroatoms. The Morgan fingerprint density at radius 2 is 1.98 bits per heavy atom. The fourth-order valence-electron chi connectivity index (χ4n) is 5.39. The van der Waals surface area contributed by atoms with E-state index in [1.165, 1.54) is 23.5 Å². The molecular formula is C28H38FN6O5PS. The van der Waals surface area contributed by atoms with Crippen LogP contribution in [-0.4, -0.2) is 77.7 Å². The predicted octanol–water partition coefficient (Wildman–Crippen LogP) is 3.82. The zero-order valence-corrected chi connectivity index (χ0v) is 25.7. The highest BCUT2D eigenvalue weighted by Crippen LogP contribution is 2.45. The zero-order valence-electron chi connectivity index (χ0n) is 24.0. The topological polar surface area (TPSA) is 155 Å². The molecular weight excluding hydrogens is 582 g/mol. The Kier molecular flexibility index (Phi) is 10.6. The summed E-state index contributed by atoms with van der Waals surface area (Å²) >= 11 is 1.22. The normalized spacial score (nSPS) is 19.5. The number of benzene rings is 1. The maximum atomic E-state index is 13.4. The molecule has 0 aliphatic carbocycles. The number of nitrogens with zero attached hydrogens (tertiary/aromatic N) is 5. The van der Waals surface area contributed by atoms with Gasteiger partial charge in [0.25, 0.3) is 5.91 Å². The molecule has 1 aromatic carbocycles. The maximum Gasteiger partial charge on any atom is 0.258 e. The molecule has 3 aromatic rings. The molecule has 11 nitrogen and oxygen atoms in total. The molecule has 4 heterocycles. The van der Waals surface area contributed by atoms with Gasteiger partial charge in [0, 0.05) is 37.8 Å². The lowest BCUT2D eigenvalue weighted by atomic mass is 9.94. The molecule has 0 spiro atoms. The van der Waals surface area contributed by atoms with Gasteiger partial charge in [-0.3, -0.25) is 14.4 Å². The van der Waals surface area contributed by atoms with Crippen molar-refractivity contribution in [3.63, 3.8) is 0 Å². The Morgan fingerprint density at radius 1 is 1.24 bits per heavy atom. The minimum absolute atomic E-state index is 0.0856. The quantitative estimate of drug-likeness (QED) is 0.339. The minimum atomic E-state index is -2.65. The minimum Gasteiger partial charge on any atom is -0.365 e. The Labute approximate surface area is 249 Å². The summed E-state index contributed by atoms with van der Waals surface area (Å²) in [7, 11) is -0.729. The molecule has 228 valence electrons. The summed E-state index contributed by atoms with van der Waals surface area (Å²) in [5, 5.41) is 8.72. The second-order valence-corrected chi connectivity index (χ2v) is 13.1. The third-order valence-corrected chi connectivity index (χ3v) is 9.72. The average molecular weight is 621 g/mol. The Balaban J connectivity index is 0.000000208. The number of aryl methyl sites for hydroxylation is 1. The van der Waals surface area contributed by atoms with Gasteiger partial charge < -0.3 is 29.9 Å². The van der Waals surface area contributed by atoms with Crippen LogP contribution < -0.4 is 5.73 Å². The van der Waals surface area contributed by atoms with Crippen molar-refractivity contribution in [2.45, 2.75) is 63.8 Å². The maximum absolute atomic E-state index is 13.4. The van der Waals surface area contributed by atoms with Crippen LogP contribution in [-0.2, 0) is 16.6 Å². The van der Waals surface area contributed by atoms with E-state index < -0.39 is 20.2 Å². The SMILES string of the molecule is CC[C@@H](C(=O)N1CC(c2nncn2C)C1)N1CC[C@H](C)CCCC1=O.NC(=O)c1cc2cc(C(F)P(O)O)ccc2s1. The lowest BCUT2D eigenvalue weighted by Gasteiger charge is -2.43. The molecule has 0 saturated carbocycles. The summed E-state index contributed by atoms with van der Waals surface area (Å²) in [5.74, 6) is -0.319. The van der Waals surface area contributed by atoms with Crippen molar-refractivity contribution in [2.75, 3.05) is 19.6 Å². The first kappa shape index (κ1) is 31.9. The van der Waals surface area contributed by atoms with Crippen LogP contribution in [0.2, 0.25) is 0 Å². The summed E-state index contributed by atoms with van der Waals surface area (Å²) in [4.78, 5) is 58.2. The van der Waals surface area contributed by atoms with Crippen LogP contribution in [0.25, 0.3) is 10.1 Å². The molecule has 2 aliphatic heterocycles. The second-order valence-electron chi connectivity index (χ2n) is 11.0. The number of thiophene rings is 1. The first-order valence-electron chi connectivity index (χ1n) is 14.1. The van der Waals surface area contributed by atoms with Crippen LogP contribution >= 0.6 is 19.7 Å². The van der Waals surface area contributed by atoms with Crippen molar-refractivity contribution >= 4 is 47.5 Å². The van der Waals surface area contributed by atoms with Crippen LogP contribution in [0.3, 0.4) is 0 Å². The van der Waals surface area contributed by atoms with E-state index in [1.807, 2.05) is 28.3 Å². The largest absolute Gasteiger partial charge is 0.365 e. The molecule has 5 rings (SSSR count). The van der Waals surface area contributed by atoms with Gasteiger partial charge in [0.2, 0.25) is 20.2 Å². The molecule has 3 atom stereocenters. The van der Waals surface area contributed by atoms with Crippen molar-refractivity contribution in [2.24, 2.45) is 18.7 Å². The fraction of sp³-hybridized carbons (Fsp3) is 0.536. The lowest BCUT2D eigenvalue weighted by Crippen LogP contribution is -2.57. The number of hydrogen-bond donors (Lipinski definition) is 3. The van der Waals surface area contributed by atoms with E-state index in [1.54, 1.807) is 18.5 Å². The molecule has 0 radical (unpaired) electrons. The highest BCUT2D eigenvalue weighted by Gasteiger charge is 2.39. The Morgan fingerprint density at radius 3 is 2.60 bits per heavy atom. The Hall–Kier alpha value is -2.99. The van der Waals surface area contributed by atoms with Crippen LogP contribution in [0, 0.1) is 5.92 Å². The first-order chi connectivity index (χ1) is 20.0. The number of aromatic nitrogens is 3. The number of primary amides is 1. The third kappa shape index (κ3) is 7.31. The Bertz CT molecular complexity index is 1410. The van der Waals surface area contributed by atoms with E-state index in [9.17, 15) is 18.8 Å². The van der Waals surface area contributed by atoms with Gasteiger partial charge in [0.15, 0.2) is 5.91 Å². The van der Waals surface area contributed by atoms with E-state index >= 15 is 0 Å². The van der Waals surface area contributed by atoms with Crippen molar-refractivity contribution < 1.29 is 28.6 Å². The fourth-order valence-corrected chi connectivity index (χ4v) is 6.71. The summed E-state index contributed by atoms with van der Waals surface area (Å²) in [6.45, 7) is 6.26. The standard InChI is InChI=1S/C18H29N5O2.C10H9FNO3PS/c1-4-15(23-9-8-13(2)6-5-7-16(23)24)18(25)22-10-14(11-22)17-20-19-12-21(17)3;11-9(16(14)15)5-1-2-7-6(3-5)4-8(17-7)10(12)13/h12-15H,4-11H2,1-3H3;1-4,9,14-15H,(H2,12,13)/t13-,15+;/m1./s1. The summed E-state index contributed by atoms with van der Waals surface area (Å²) in [5.41, 5.74) is 5.33. The molecule has 0 bridgehead atoms. The van der Waals surface area contributed by atoms with Gasteiger partial charge >= 0.3 is 0 Å². The van der Waals surface area contributed by atoms with Crippen molar-refractivity contribution in [1.29, 1.82) is 0 Å². The summed E-state index contributed by atoms with van der Waals surface area (Å²) in [6.07, 6.45) is 5.94. The van der Waals surface area contributed by atoms with Crippen LogP contribution in [0.15, 0.2) is 30.6 Å². The van der Waals surface area contributed by atoms with Crippen molar-refractivity contribution in [1.82, 2.24) is 24.6 Å².